The molecule has 0 aromatic heterocycles. The van der Waals surface area contributed by atoms with Crippen LogP contribution in [0.25, 0.3) is 0 Å². The van der Waals surface area contributed by atoms with Gasteiger partial charge in [0, 0.05) is 12.5 Å². The molecule has 0 spiro atoms. The lowest BCUT2D eigenvalue weighted by molar-refractivity contribution is -0.275. The van der Waals surface area contributed by atoms with E-state index in [4.69, 9.17) is 5.73 Å². The third-order valence-corrected chi connectivity index (χ3v) is 2.04. The highest BCUT2D eigenvalue weighted by Gasteiger charge is 2.32. The van der Waals surface area contributed by atoms with Gasteiger partial charge in [0.1, 0.15) is 0 Å². The fraction of sp³-hybridized carbons (Fsp3) is 0.400. The Balaban J connectivity index is 2.85. The Morgan fingerprint density at radius 2 is 1.83 bits per heavy atom. The summed E-state index contributed by atoms with van der Waals surface area (Å²) in [6, 6.07) is 1.20. The van der Waals surface area contributed by atoms with Gasteiger partial charge in [0.05, 0.1) is 0 Å². The molecule has 0 heterocycles. The van der Waals surface area contributed by atoms with Crippen LogP contribution in [0.15, 0.2) is 18.2 Å². The van der Waals surface area contributed by atoms with Crippen LogP contribution in [0.4, 0.5) is 26.3 Å². The predicted molar refractivity (Wildman–Crippen MR) is 50.6 cm³/mol. The first-order valence-corrected chi connectivity index (χ1v) is 4.78. The number of rotatable bonds is 4. The number of ether oxygens (including phenoxy) is 1. The van der Waals surface area contributed by atoms with Gasteiger partial charge in [-0.15, -0.1) is 13.2 Å². The van der Waals surface area contributed by atoms with Gasteiger partial charge in [-0.2, -0.15) is 0 Å². The molecule has 0 fully saturated rings. The second kappa shape index (κ2) is 5.47. The van der Waals surface area contributed by atoms with Gasteiger partial charge in [-0.1, -0.05) is 6.07 Å². The molecule has 0 unspecified atom stereocenters. The first kappa shape index (κ1) is 14.6. The van der Waals surface area contributed by atoms with Gasteiger partial charge in [0.2, 0.25) is 6.43 Å². The molecule has 0 saturated carbocycles. The summed E-state index contributed by atoms with van der Waals surface area (Å²) < 4.78 is 76.2. The second-order valence-corrected chi connectivity index (χ2v) is 3.47. The van der Waals surface area contributed by atoms with E-state index < -0.39 is 36.8 Å². The van der Waals surface area contributed by atoms with Crippen LogP contribution < -0.4 is 10.5 Å². The zero-order valence-electron chi connectivity index (χ0n) is 8.85. The maximum atomic E-state index is 13.2. The first-order valence-electron chi connectivity index (χ1n) is 4.78. The van der Waals surface area contributed by atoms with Crippen LogP contribution >= 0.6 is 0 Å². The SMILES string of the molecule is N[C@@H](CC(F)F)c1ccc(OC(F)(F)F)c(F)c1. The molecule has 102 valence electrons. The molecule has 0 aliphatic carbocycles. The molecule has 0 bridgehead atoms. The number of hydrogen-bond donors (Lipinski definition) is 1. The standard InChI is InChI=1S/C10H9F6NO/c11-6-3-5(7(17)4-9(12)13)1-2-8(6)18-10(14,15)16/h1-3,7,9H,4,17H2/t7-/m0/s1. The van der Waals surface area contributed by atoms with Crippen LogP contribution in [-0.4, -0.2) is 12.8 Å². The van der Waals surface area contributed by atoms with Crippen LogP contribution in [0.5, 0.6) is 5.75 Å². The minimum absolute atomic E-state index is 0.0256. The summed E-state index contributed by atoms with van der Waals surface area (Å²) in [7, 11) is 0. The van der Waals surface area contributed by atoms with Gasteiger partial charge in [-0.25, -0.2) is 13.2 Å². The van der Waals surface area contributed by atoms with Crippen LogP contribution in [0.2, 0.25) is 0 Å². The summed E-state index contributed by atoms with van der Waals surface area (Å²) in [6.45, 7) is 0. The first-order chi connectivity index (χ1) is 8.19. The fourth-order valence-electron chi connectivity index (χ4n) is 1.28. The molecule has 1 rings (SSSR count). The van der Waals surface area contributed by atoms with E-state index >= 15 is 0 Å². The quantitative estimate of drug-likeness (QED) is 0.853. The minimum atomic E-state index is -5.02. The summed E-state index contributed by atoms with van der Waals surface area (Å²) in [5.41, 5.74) is 5.31. The maximum Gasteiger partial charge on any atom is 0.573 e. The molecule has 1 atom stereocenters. The highest BCUT2D eigenvalue weighted by atomic mass is 19.4. The summed E-state index contributed by atoms with van der Waals surface area (Å²) in [6.07, 6.45) is -8.42. The zero-order valence-corrected chi connectivity index (χ0v) is 8.85. The Kier molecular flexibility index (Phi) is 4.44. The monoisotopic (exact) mass is 273 g/mol. The molecule has 0 aliphatic heterocycles. The average Bonchev–Trinajstić information content (AvgIpc) is 2.18. The number of hydrogen-bond acceptors (Lipinski definition) is 2. The van der Waals surface area contributed by atoms with Gasteiger partial charge in [0.15, 0.2) is 11.6 Å². The predicted octanol–water partition coefficient (Wildman–Crippen LogP) is 3.38. The van der Waals surface area contributed by atoms with Crippen molar-refractivity contribution in [1.82, 2.24) is 0 Å². The van der Waals surface area contributed by atoms with E-state index in [1.165, 1.54) is 0 Å². The van der Waals surface area contributed by atoms with E-state index in [1.807, 2.05) is 0 Å². The number of benzene rings is 1. The number of halogens is 6. The molecule has 8 heteroatoms. The summed E-state index contributed by atoms with van der Waals surface area (Å²) in [5, 5.41) is 0. The van der Waals surface area contributed by atoms with Crippen LogP contribution in [0, 0.1) is 5.82 Å². The van der Waals surface area contributed by atoms with Crippen LogP contribution in [0.3, 0.4) is 0 Å². The smallest absolute Gasteiger partial charge is 0.403 e. The lowest BCUT2D eigenvalue weighted by Crippen LogP contribution is -2.18. The van der Waals surface area contributed by atoms with Crippen molar-refractivity contribution in [2.24, 2.45) is 5.73 Å². The molecule has 0 saturated heterocycles. The Hall–Kier alpha value is -1.44. The zero-order chi connectivity index (χ0) is 13.9. The molecule has 2 nitrogen and oxygen atoms in total. The minimum Gasteiger partial charge on any atom is -0.403 e. The van der Waals surface area contributed by atoms with E-state index in [1.54, 1.807) is 0 Å². The highest BCUT2D eigenvalue weighted by molar-refractivity contribution is 5.31. The van der Waals surface area contributed by atoms with Gasteiger partial charge in [-0.3, -0.25) is 0 Å². The Morgan fingerprint density at radius 1 is 1.22 bits per heavy atom. The average molecular weight is 273 g/mol. The van der Waals surface area contributed by atoms with Crippen molar-refractivity contribution in [3.8, 4) is 5.75 Å². The molecule has 0 amide bonds. The molecule has 18 heavy (non-hydrogen) atoms. The number of alkyl halides is 5. The molecule has 1 aromatic rings. The highest BCUT2D eigenvalue weighted by Crippen LogP contribution is 2.28. The Labute approximate surface area is 98.3 Å². The van der Waals surface area contributed by atoms with Crippen molar-refractivity contribution in [3.05, 3.63) is 29.6 Å². The topological polar surface area (TPSA) is 35.2 Å². The maximum absolute atomic E-state index is 13.2. The Bertz CT molecular complexity index is 406. The summed E-state index contributed by atoms with van der Waals surface area (Å²) in [5.74, 6) is -2.34. The van der Waals surface area contributed by atoms with Crippen molar-refractivity contribution in [2.45, 2.75) is 25.3 Å². The van der Waals surface area contributed by atoms with Crippen molar-refractivity contribution < 1.29 is 31.1 Å². The molecule has 0 aliphatic rings. The van der Waals surface area contributed by atoms with Crippen molar-refractivity contribution in [3.63, 3.8) is 0 Å². The largest absolute Gasteiger partial charge is 0.573 e. The van der Waals surface area contributed by atoms with E-state index in [0.29, 0.717) is 12.1 Å². The molecule has 1 aromatic carbocycles. The normalized spacial score (nSPS) is 13.8. The van der Waals surface area contributed by atoms with Crippen molar-refractivity contribution in [2.75, 3.05) is 0 Å². The van der Waals surface area contributed by atoms with Gasteiger partial charge in [0.25, 0.3) is 0 Å². The van der Waals surface area contributed by atoms with Crippen molar-refractivity contribution in [1.29, 1.82) is 0 Å². The van der Waals surface area contributed by atoms with E-state index in [9.17, 15) is 26.3 Å². The lowest BCUT2D eigenvalue weighted by atomic mass is 10.0. The summed E-state index contributed by atoms with van der Waals surface area (Å²) in [4.78, 5) is 0. The fourth-order valence-corrected chi connectivity index (χ4v) is 1.28. The van der Waals surface area contributed by atoms with Gasteiger partial charge in [-0.05, 0) is 17.7 Å². The van der Waals surface area contributed by atoms with Gasteiger partial charge >= 0.3 is 6.36 Å². The van der Waals surface area contributed by atoms with E-state index in [0.717, 1.165) is 6.07 Å². The molecular formula is C10H9F6NO. The third kappa shape index (κ3) is 4.44. The molecule has 0 radical (unpaired) electrons. The van der Waals surface area contributed by atoms with E-state index in [-0.39, 0.29) is 5.56 Å². The molecular weight excluding hydrogens is 264 g/mol. The lowest BCUT2D eigenvalue weighted by Gasteiger charge is -2.14. The second-order valence-electron chi connectivity index (χ2n) is 3.47. The van der Waals surface area contributed by atoms with Crippen LogP contribution in [-0.2, 0) is 0 Å². The summed E-state index contributed by atoms with van der Waals surface area (Å²) >= 11 is 0. The van der Waals surface area contributed by atoms with Crippen LogP contribution in [0.1, 0.15) is 18.0 Å². The van der Waals surface area contributed by atoms with Gasteiger partial charge < -0.3 is 10.5 Å². The molecule has 2 N–H and O–H groups in total. The van der Waals surface area contributed by atoms with Crippen molar-refractivity contribution >= 4 is 0 Å². The number of nitrogens with two attached hydrogens (primary N) is 1. The Morgan fingerprint density at radius 3 is 2.28 bits per heavy atom. The third-order valence-electron chi connectivity index (χ3n) is 2.04. The van der Waals surface area contributed by atoms with E-state index in [2.05, 4.69) is 4.74 Å².